The number of amides is 2. The van der Waals surface area contributed by atoms with Crippen LogP contribution in [0, 0.1) is 0 Å². The molecule has 7 nitrogen and oxygen atoms in total. The number of nitrogens with zero attached hydrogens (tertiary/aromatic N) is 1. The van der Waals surface area contributed by atoms with Crippen molar-refractivity contribution in [3.05, 3.63) is 41.5 Å². The highest BCUT2D eigenvalue weighted by atomic mass is 32.2. The Kier molecular flexibility index (Phi) is 7.31. The van der Waals surface area contributed by atoms with Crippen molar-refractivity contribution >= 4 is 29.3 Å². The molecule has 0 radical (unpaired) electrons. The number of hydrogen-bond donors (Lipinski definition) is 1. The van der Waals surface area contributed by atoms with Crippen molar-refractivity contribution in [1.29, 1.82) is 0 Å². The van der Waals surface area contributed by atoms with Gasteiger partial charge in [-0.3, -0.25) is 9.59 Å². The van der Waals surface area contributed by atoms with E-state index >= 15 is 0 Å². The van der Waals surface area contributed by atoms with Crippen LogP contribution in [0.1, 0.15) is 29.3 Å². The van der Waals surface area contributed by atoms with Gasteiger partial charge < -0.3 is 24.8 Å². The Morgan fingerprint density at radius 3 is 2.33 bits per heavy atom. The molecule has 2 N–H and O–H groups in total. The molecule has 1 heterocycles. The van der Waals surface area contributed by atoms with Gasteiger partial charge in [0.1, 0.15) is 0 Å². The first-order valence-electron chi connectivity index (χ1n) is 9.92. The van der Waals surface area contributed by atoms with Crippen LogP contribution in [-0.4, -0.2) is 44.4 Å². The lowest BCUT2D eigenvalue weighted by Gasteiger charge is -2.24. The first-order chi connectivity index (χ1) is 15.5. The summed E-state index contributed by atoms with van der Waals surface area (Å²) >= 11 is 1.42. The lowest BCUT2D eigenvalue weighted by atomic mass is 10.1. The number of halogens is 3. The maximum Gasteiger partial charge on any atom is 0.416 e. The number of hydrogen-bond acceptors (Lipinski definition) is 6. The molecule has 0 spiro atoms. The average molecular weight is 484 g/mol. The predicted molar refractivity (Wildman–Crippen MR) is 117 cm³/mol. The molecule has 1 atom stereocenters. The van der Waals surface area contributed by atoms with Crippen molar-refractivity contribution in [2.45, 2.75) is 29.7 Å². The van der Waals surface area contributed by atoms with E-state index in [4.69, 9.17) is 19.9 Å². The lowest BCUT2D eigenvalue weighted by molar-refractivity contribution is -0.137. The summed E-state index contributed by atoms with van der Waals surface area (Å²) in [6.07, 6.45) is -3.96. The van der Waals surface area contributed by atoms with Gasteiger partial charge in [0.15, 0.2) is 18.1 Å². The van der Waals surface area contributed by atoms with E-state index in [0.29, 0.717) is 11.3 Å². The van der Waals surface area contributed by atoms with Crippen LogP contribution in [-0.2, 0) is 11.0 Å². The van der Waals surface area contributed by atoms with Crippen molar-refractivity contribution in [3.8, 4) is 17.2 Å². The van der Waals surface area contributed by atoms with Gasteiger partial charge in [-0.15, -0.1) is 11.8 Å². The molecule has 0 saturated heterocycles. The number of benzene rings is 2. The van der Waals surface area contributed by atoms with Gasteiger partial charge in [0, 0.05) is 22.3 Å². The highest BCUT2D eigenvalue weighted by Gasteiger charge is 2.34. The van der Waals surface area contributed by atoms with Gasteiger partial charge >= 0.3 is 6.18 Å². The van der Waals surface area contributed by atoms with Crippen molar-refractivity contribution in [2.75, 3.05) is 32.3 Å². The molecule has 3 rings (SSSR count). The van der Waals surface area contributed by atoms with E-state index in [1.807, 2.05) is 6.92 Å². The number of fused-ring (bicyclic) bond motifs is 1. The maximum absolute atomic E-state index is 13.5. The fourth-order valence-corrected chi connectivity index (χ4v) is 4.46. The first-order valence-corrected chi connectivity index (χ1v) is 10.8. The lowest BCUT2D eigenvalue weighted by Crippen LogP contribution is -2.32. The van der Waals surface area contributed by atoms with E-state index in [1.165, 1.54) is 49.1 Å². The normalized spacial score (nSPS) is 15.9. The number of carbonyl (C=O) groups excluding carboxylic acids is 2. The molecule has 0 bridgehead atoms. The highest BCUT2D eigenvalue weighted by molar-refractivity contribution is 8.00. The Balaban J connectivity index is 2.07. The summed E-state index contributed by atoms with van der Waals surface area (Å²) in [5, 5.41) is 0.104. The Bertz CT molecular complexity index is 1040. The number of rotatable bonds is 6. The molecule has 33 heavy (non-hydrogen) atoms. The second kappa shape index (κ2) is 9.82. The summed E-state index contributed by atoms with van der Waals surface area (Å²) in [7, 11) is 2.69. The molecule has 2 amide bonds. The standard InChI is InChI=1S/C22H23F3N2O5S/c1-12-6-7-27(15-10-14(22(23,24)25)4-5-18(15)33-12)21(29)13-8-16(30-2)20(17(9-13)31-3)32-11-19(26)28/h4-5,8-10,12H,6-7,11H2,1-3H3,(H2,26,28). The number of anilines is 1. The summed E-state index contributed by atoms with van der Waals surface area (Å²) in [6, 6.07) is 6.18. The molecule has 0 aliphatic carbocycles. The molecule has 1 aliphatic rings. The number of primary amides is 1. The summed E-state index contributed by atoms with van der Waals surface area (Å²) in [5.74, 6) is -0.937. The quantitative estimate of drug-likeness (QED) is 0.664. The van der Waals surface area contributed by atoms with Gasteiger partial charge in [0.25, 0.3) is 11.8 Å². The second-order valence-electron chi connectivity index (χ2n) is 7.32. The zero-order chi connectivity index (χ0) is 24.3. The average Bonchev–Trinajstić information content (AvgIpc) is 2.93. The van der Waals surface area contributed by atoms with Crippen LogP contribution in [0.15, 0.2) is 35.2 Å². The van der Waals surface area contributed by atoms with Crippen molar-refractivity contribution in [3.63, 3.8) is 0 Å². The third kappa shape index (κ3) is 5.47. The maximum atomic E-state index is 13.5. The SMILES string of the molecule is COc1cc(C(=O)N2CCC(C)Sc3ccc(C(F)(F)F)cc32)cc(OC)c1OCC(N)=O. The van der Waals surface area contributed by atoms with Crippen LogP contribution in [0.4, 0.5) is 18.9 Å². The van der Waals surface area contributed by atoms with Crippen LogP contribution in [0.25, 0.3) is 0 Å². The summed E-state index contributed by atoms with van der Waals surface area (Å²) in [4.78, 5) is 26.5. The molecular formula is C22H23F3N2O5S. The van der Waals surface area contributed by atoms with E-state index in [1.54, 1.807) is 0 Å². The molecule has 2 aromatic carbocycles. The molecule has 0 saturated carbocycles. The number of thioether (sulfide) groups is 1. The van der Waals surface area contributed by atoms with Crippen LogP contribution in [0.2, 0.25) is 0 Å². The fourth-order valence-electron chi connectivity index (χ4n) is 3.37. The number of alkyl halides is 3. The molecular weight excluding hydrogens is 461 g/mol. The van der Waals surface area contributed by atoms with Crippen molar-refractivity contribution < 1.29 is 37.0 Å². The molecule has 178 valence electrons. The van der Waals surface area contributed by atoms with Crippen molar-refractivity contribution in [2.24, 2.45) is 5.73 Å². The van der Waals surface area contributed by atoms with E-state index in [2.05, 4.69) is 0 Å². The Labute approximate surface area is 193 Å². The van der Waals surface area contributed by atoms with Crippen LogP contribution in [0.3, 0.4) is 0 Å². The zero-order valence-corrected chi connectivity index (χ0v) is 19.0. The van der Waals surface area contributed by atoms with E-state index < -0.39 is 30.2 Å². The number of methoxy groups -OCH3 is 2. The number of carbonyl (C=O) groups is 2. The van der Waals surface area contributed by atoms with Gasteiger partial charge in [-0.25, -0.2) is 0 Å². The zero-order valence-electron chi connectivity index (χ0n) is 18.2. The minimum absolute atomic E-state index is 0.0788. The van der Waals surface area contributed by atoms with Gasteiger partial charge in [0.05, 0.1) is 25.5 Å². The van der Waals surface area contributed by atoms with E-state index in [-0.39, 0.29) is 40.3 Å². The minimum Gasteiger partial charge on any atom is -0.493 e. The summed E-state index contributed by atoms with van der Waals surface area (Å²) in [5.41, 5.74) is 4.60. The van der Waals surface area contributed by atoms with Gasteiger partial charge in [-0.2, -0.15) is 13.2 Å². The minimum atomic E-state index is -4.54. The molecule has 11 heteroatoms. The largest absolute Gasteiger partial charge is 0.493 e. The van der Waals surface area contributed by atoms with Crippen LogP contribution >= 0.6 is 11.8 Å². The summed E-state index contributed by atoms with van der Waals surface area (Å²) in [6.45, 7) is 1.75. The molecule has 2 aromatic rings. The predicted octanol–water partition coefficient (Wildman–Crippen LogP) is 4.12. The van der Waals surface area contributed by atoms with E-state index in [9.17, 15) is 22.8 Å². The molecule has 1 unspecified atom stereocenters. The fraction of sp³-hybridized carbons (Fsp3) is 0.364. The molecule has 0 aromatic heterocycles. The van der Waals surface area contributed by atoms with Crippen LogP contribution in [0.5, 0.6) is 17.2 Å². The van der Waals surface area contributed by atoms with E-state index in [0.717, 1.165) is 12.1 Å². The number of ether oxygens (including phenoxy) is 3. The third-order valence-corrected chi connectivity index (χ3v) is 6.21. The Morgan fingerprint density at radius 2 is 1.79 bits per heavy atom. The first kappa shape index (κ1) is 24.6. The monoisotopic (exact) mass is 484 g/mol. The molecule has 1 aliphatic heterocycles. The topological polar surface area (TPSA) is 91.1 Å². The van der Waals surface area contributed by atoms with Crippen LogP contribution < -0.4 is 24.8 Å². The summed E-state index contributed by atoms with van der Waals surface area (Å²) < 4.78 is 56.0. The third-order valence-electron chi connectivity index (χ3n) is 4.98. The Hall–Kier alpha value is -3.08. The number of nitrogens with two attached hydrogens (primary N) is 1. The Morgan fingerprint density at radius 1 is 1.15 bits per heavy atom. The highest BCUT2D eigenvalue weighted by Crippen LogP contribution is 2.43. The van der Waals surface area contributed by atoms with Gasteiger partial charge in [-0.05, 0) is 36.8 Å². The molecule has 0 fully saturated rings. The van der Waals surface area contributed by atoms with Gasteiger partial charge in [-0.1, -0.05) is 6.92 Å². The van der Waals surface area contributed by atoms with Crippen molar-refractivity contribution in [1.82, 2.24) is 0 Å². The van der Waals surface area contributed by atoms with Gasteiger partial charge in [0.2, 0.25) is 5.75 Å². The second-order valence-corrected chi connectivity index (χ2v) is 8.80. The smallest absolute Gasteiger partial charge is 0.416 e.